The maximum absolute atomic E-state index is 11.6. The summed E-state index contributed by atoms with van der Waals surface area (Å²) >= 11 is 1.07. The molecule has 8 heteroatoms. The predicted molar refractivity (Wildman–Crippen MR) is 67.1 cm³/mol. The number of thiophene rings is 1. The molecule has 2 aromatic rings. The zero-order valence-electron chi connectivity index (χ0n) is 10.2. The molecular formula is C11H10N2O5S. The summed E-state index contributed by atoms with van der Waals surface area (Å²) in [6.07, 6.45) is -0.554. The van der Waals surface area contributed by atoms with Gasteiger partial charge < -0.3 is 14.6 Å². The molecular weight excluding hydrogens is 272 g/mol. The Bertz CT molecular complexity index is 611. The summed E-state index contributed by atoms with van der Waals surface area (Å²) in [5.41, 5.74) is 0.469. The van der Waals surface area contributed by atoms with E-state index in [1.165, 1.54) is 20.3 Å². The zero-order valence-corrected chi connectivity index (χ0v) is 11.0. The van der Waals surface area contributed by atoms with Crippen molar-refractivity contribution >= 4 is 33.4 Å². The number of fused-ring (bicyclic) bond motifs is 1. The van der Waals surface area contributed by atoms with E-state index >= 15 is 0 Å². The van der Waals surface area contributed by atoms with E-state index in [2.05, 4.69) is 9.97 Å². The Morgan fingerprint density at radius 3 is 2.47 bits per heavy atom. The molecule has 0 aliphatic rings. The highest BCUT2D eigenvalue weighted by Gasteiger charge is 2.17. The highest BCUT2D eigenvalue weighted by Crippen LogP contribution is 2.30. The first-order valence-corrected chi connectivity index (χ1v) is 6.01. The number of Topliss-reactive ketones (excluding diaryl/α,β-unsaturated/α-hetero) is 1. The average molecular weight is 282 g/mol. The van der Waals surface area contributed by atoms with Gasteiger partial charge in [0.15, 0.2) is 5.78 Å². The van der Waals surface area contributed by atoms with Crippen LogP contribution in [0.15, 0.2) is 6.07 Å². The van der Waals surface area contributed by atoms with Gasteiger partial charge in [0, 0.05) is 0 Å². The molecule has 100 valence electrons. The summed E-state index contributed by atoms with van der Waals surface area (Å²) in [6, 6.07) is 1.50. The number of aliphatic carboxylic acids is 1. The lowest BCUT2D eigenvalue weighted by atomic mass is 10.2. The van der Waals surface area contributed by atoms with Gasteiger partial charge in [-0.05, 0) is 6.07 Å². The fourth-order valence-corrected chi connectivity index (χ4v) is 2.36. The molecule has 0 unspecified atom stereocenters. The molecule has 0 aromatic carbocycles. The molecule has 0 radical (unpaired) electrons. The molecule has 0 atom stereocenters. The Kier molecular flexibility index (Phi) is 3.61. The third-order valence-electron chi connectivity index (χ3n) is 2.27. The van der Waals surface area contributed by atoms with Crippen LogP contribution < -0.4 is 9.47 Å². The molecule has 0 aliphatic carbocycles. The molecule has 0 fully saturated rings. The minimum Gasteiger partial charge on any atom is -0.481 e. The molecule has 0 saturated carbocycles. The van der Waals surface area contributed by atoms with E-state index in [0.717, 1.165) is 11.3 Å². The van der Waals surface area contributed by atoms with Crippen molar-refractivity contribution in [3.63, 3.8) is 0 Å². The summed E-state index contributed by atoms with van der Waals surface area (Å²) in [6.45, 7) is 0. The van der Waals surface area contributed by atoms with Crippen LogP contribution in [-0.2, 0) is 4.79 Å². The molecule has 0 aliphatic heterocycles. The van der Waals surface area contributed by atoms with Crippen LogP contribution in [0.5, 0.6) is 11.8 Å². The van der Waals surface area contributed by atoms with Gasteiger partial charge in [-0.2, -0.15) is 4.98 Å². The van der Waals surface area contributed by atoms with Gasteiger partial charge >= 0.3 is 5.97 Å². The number of nitrogens with zero attached hydrogens (tertiary/aromatic N) is 2. The van der Waals surface area contributed by atoms with Crippen molar-refractivity contribution < 1.29 is 24.2 Å². The Balaban J connectivity index is 2.45. The SMILES string of the molecule is COc1nc2cc(C(=O)CC(=O)O)sc2nc1OC. The summed E-state index contributed by atoms with van der Waals surface area (Å²) in [7, 11) is 2.86. The van der Waals surface area contributed by atoms with Gasteiger partial charge in [-0.15, -0.1) is 11.3 Å². The summed E-state index contributed by atoms with van der Waals surface area (Å²) in [5, 5.41) is 8.60. The summed E-state index contributed by atoms with van der Waals surface area (Å²) in [5.74, 6) is -1.21. The monoisotopic (exact) mass is 282 g/mol. The number of methoxy groups -OCH3 is 2. The van der Waals surface area contributed by atoms with Gasteiger partial charge in [0.05, 0.1) is 19.1 Å². The van der Waals surface area contributed by atoms with Crippen LogP contribution >= 0.6 is 11.3 Å². The number of rotatable bonds is 5. The average Bonchev–Trinajstić information content (AvgIpc) is 2.78. The maximum atomic E-state index is 11.6. The second-order valence-corrected chi connectivity index (χ2v) is 4.57. The van der Waals surface area contributed by atoms with Crippen LogP contribution in [-0.4, -0.2) is 41.0 Å². The number of carboxylic acid groups (broad SMARTS) is 1. The number of carbonyl (C=O) groups excluding carboxylic acids is 1. The van der Waals surface area contributed by atoms with Gasteiger partial charge in [-0.25, -0.2) is 4.98 Å². The lowest BCUT2D eigenvalue weighted by Gasteiger charge is -2.03. The lowest BCUT2D eigenvalue weighted by molar-refractivity contribution is -0.135. The van der Waals surface area contributed by atoms with Crippen molar-refractivity contribution in [2.24, 2.45) is 0 Å². The third kappa shape index (κ3) is 2.63. The van der Waals surface area contributed by atoms with E-state index in [0.29, 0.717) is 15.2 Å². The molecule has 0 saturated heterocycles. The van der Waals surface area contributed by atoms with Crippen molar-refractivity contribution in [3.05, 3.63) is 10.9 Å². The van der Waals surface area contributed by atoms with Crippen molar-refractivity contribution in [2.75, 3.05) is 14.2 Å². The summed E-state index contributed by atoms with van der Waals surface area (Å²) in [4.78, 5) is 31.3. The second kappa shape index (κ2) is 5.19. The van der Waals surface area contributed by atoms with Gasteiger partial charge in [0.2, 0.25) is 0 Å². The Morgan fingerprint density at radius 1 is 1.26 bits per heavy atom. The van der Waals surface area contributed by atoms with Gasteiger partial charge in [-0.1, -0.05) is 0 Å². The second-order valence-electron chi connectivity index (χ2n) is 3.54. The number of aromatic nitrogens is 2. The largest absolute Gasteiger partial charge is 0.481 e. The van der Waals surface area contributed by atoms with Crippen LogP contribution in [0.3, 0.4) is 0 Å². The van der Waals surface area contributed by atoms with Gasteiger partial charge in [0.1, 0.15) is 16.8 Å². The first kappa shape index (κ1) is 13.2. The molecule has 1 N–H and O–H groups in total. The molecule has 0 bridgehead atoms. The van der Waals surface area contributed by atoms with Crippen LogP contribution in [0.4, 0.5) is 0 Å². The van der Waals surface area contributed by atoms with E-state index in [-0.39, 0.29) is 11.8 Å². The third-order valence-corrected chi connectivity index (χ3v) is 3.33. The van der Waals surface area contributed by atoms with Crippen LogP contribution in [0.2, 0.25) is 0 Å². The number of ether oxygens (including phenoxy) is 2. The summed E-state index contributed by atoms with van der Waals surface area (Å²) < 4.78 is 10.0. The predicted octanol–water partition coefficient (Wildman–Crippen LogP) is 1.37. The molecule has 0 amide bonds. The molecule has 2 aromatic heterocycles. The quantitative estimate of drug-likeness (QED) is 0.653. The van der Waals surface area contributed by atoms with Crippen molar-refractivity contribution in [1.29, 1.82) is 0 Å². The number of carboxylic acids is 1. The standard InChI is InChI=1S/C11H10N2O5S/c1-17-9-10(18-2)13-11-5(12-9)3-7(19-11)6(14)4-8(15)16/h3H,4H2,1-2H3,(H,15,16). The Hall–Kier alpha value is -2.22. The van der Waals surface area contributed by atoms with E-state index in [1.807, 2.05) is 0 Å². The molecule has 7 nitrogen and oxygen atoms in total. The lowest BCUT2D eigenvalue weighted by Crippen LogP contribution is -2.04. The normalized spacial score (nSPS) is 10.4. The maximum Gasteiger partial charge on any atom is 0.311 e. The smallest absolute Gasteiger partial charge is 0.311 e. The van der Waals surface area contributed by atoms with Crippen molar-refractivity contribution in [3.8, 4) is 11.8 Å². The van der Waals surface area contributed by atoms with Crippen molar-refractivity contribution in [2.45, 2.75) is 6.42 Å². The molecule has 2 heterocycles. The molecule has 19 heavy (non-hydrogen) atoms. The van der Waals surface area contributed by atoms with Gasteiger partial charge in [-0.3, -0.25) is 9.59 Å². The Labute approximate surface area is 111 Å². The van der Waals surface area contributed by atoms with E-state index < -0.39 is 18.2 Å². The van der Waals surface area contributed by atoms with Crippen molar-refractivity contribution in [1.82, 2.24) is 9.97 Å². The fraction of sp³-hybridized carbons (Fsp3) is 0.273. The minimum atomic E-state index is -1.17. The Morgan fingerprint density at radius 2 is 1.89 bits per heavy atom. The number of carbonyl (C=O) groups is 2. The van der Waals surface area contributed by atoms with Crippen LogP contribution in [0, 0.1) is 0 Å². The topological polar surface area (TPSA) is 98.6 Å². The van der Waals surface area contributed by atoms with E-state index in [1.54, 1.807) is 0 Å². The minimum absolute atomic E-state index is 0.213. The zero-order chi connectivity index (χ0) is 14.0. The first-order chi connectivity index (χ1) is 9.05. The van der Waals surface area contributed by atoms with Gasteiger partial charge in [0.25, 0.3) is 11.8 Å². The first-order valence-electron chi connectivity index (χ1n) is 5.19. The highest BCUT2D eigenvalue weighted by atomic mass is 32.1. The van der Waals surface area contributed by atoms with Crippen LogP contribution in [0.25, 0.3) is 10.3 Å². The van der Waals surface area contributed by atoms with E-state index in [4.69, 9.17) is 14.6 Å². The number of hydrogen-bond donors (Lipinski definition) is 1. The number of ketones is 1. The highest BCUT2D eigenvalue weighted by molar-refractivity contribution is 7.20. The van der Waals surface area contributed by atoms with Crippen LogP contribution in [0.1, 0.15) is 16.1 Å². The molecule has 2 rings (SSSR count). The van der Waals surface area contributed by atoms with E-state index in [9.17, 15) is 9.59 Å². The fourth-order valence-electron chi connectivity index (χ4n) is 1.46. The number of hydrogen-bond acceptors (Lipinski definition) is 7. The molecule has 0 spiro atoms.